The maximum absolute atomic E-state index is 11.3. The molecule has 0 amide bonds. The molecule has 2 N–H and O–H groups in total. The van der Waals surface area contributed by atoms with Gasteiger partial charge in [-0.05, 0) is 19.8 Å². The van der Waals surface area contributed by atoms with Gasteiger partial charge in [0.2, 0.25) is 0 Å². The van der Waals surface area contributed by atoms with Crippen LogP contribution >= 0.6 is 0 Å². The second-order valence-corrected chi connectivity index (χ2v) is 5.00. The summed E-state index contributed by atoms with van der Waals surface area (Å²) >= 11 is 0. The van der Waals surface area contributed by atoms with Crippen molar-refractivity contribution in [3.63, 3.8) is 0 Å². The molecule has 23 heavy (non-hydrogen) atoms. The SMILES string of the molecule is CCOC(=O)CCCNC(=NC)NCc1c(CC)noc1CC. The molecule has 0 aliphatic carbocycles. The first kappa shape index (κ1) is 19.0. The van der Waals surface area contributed by atoms with Gasteiger partial charge in [0, 0.05) is 38.5 Å². The zero-order valence-electron chi connectivity index (χ0n) is 14.6. The quantitative estimate of drug-likeness (QED) is 0.312. The van der Waals surface area contributed by atoms with Crippen molar-refractivity contribution >= 4 is 11.9 Å². The van der Waals surface area contributed by atoms with E-state index in [2.05, 4.69) is 27.7 Å². The molecule has 0 saturated heterocycles. The van der Waals surface area contributed by atoms with Crippen LogP contribution in [0.15, 0.2) is 9.52 Å². The summed E-state index contributed by atoms with van der Waals surface area (Å²) in [5, 5.41) is 10.5. The van der Waals surface area contributed by atoms with Crippen LogP contribution in [0, 0.1) is 0 Å². The summed E-state index contributed by atoms with van der Waals surface area (Å²) in [5.74, 6) is 1.44. The Morgan fingerprint density at radius 3 is 2.65 bits per heavy atom. The molecule has 1 rings (SSSR count). The molecule has 0 atom stereocenters. The van der Waals surface area contributed by atoms with E-state index in [-0.39, 0.29) is 5.97 Å². The van der Waals surface area contributed by atoms with Crippen molar-refractivity contribution in [3.8, 4) is 0 Å². The Balaban J connectivity index is 2.40. The fourth-order valence-corrected chi connectivity index (χ4v) is 2.20. The number of carbonyl (C=O) groups is 1. The molecular formula is C16H28N4O3. The summed E-state index contributed by atoms with van der Waals surface area (Å²) in [7, 11) is 1.72. The van der Waals surface area contributed by atoms with Crippen LogP contribution in [0.3, 0.4) is 0 Å². The smallest absolute Gasteiger partial charge is 0.305 e. The van der Waals surface area contributed by atoms with E-state index in [0.29, 0.717) is 38.5 Å². The first-order valence-electron chi connectivity index (χ1n) is 8.22. The van der Waals surface area contributed by atoms with Crippen LogP contribution in [-0.4, -0.2) is 37.3 Å². The highest BCUT2D eigenvalue weighted by Crippen LogP contribution is 2.15. The molecule has 0 radical (unpaired) electrons. The first-order chi connectivity index (χ1) is 11.2. The Labute approximate surface area is 137 Å². The molecule has 0 unspecified atom stereocenters. The number of nitrogens with zero attached hydrogens (tertiary/aromatic N) is 2. The number of ether oxygens (including phenoxy) is 1. The first-order valence-corrected chi connectivity index (χ1v) is 8.22. The van der Waals surface area contributed by atoms with E-state index in [1.165, 1.54) is 0 Å². The highest BCUT2D eigenvalue weighted by molar-refractivity contribution is 5.79. The number of guanidine groups is 1. The van der Waals surface area contributed by atoms with E-state index < -0.39 is 0 Å². The van der Waals surface area contributed by atoms with Crippen LogP contribution in [0.1, 0.15) is 50.6 Å². The molecule has 0 saturated carbocycles. The molecule has 0 fully saturated rings. The standard InChI is InChI=1S/C16H28N4O3/c1-5-13-12(14(6-2)23-20-13)11-19-16(17-4)18-10-8-9-15(21)22-7-3/h5-11H2,1-4H3,(H2,17,18,19). The third-order valence-corrected chi connectivity index (χ3v) is 3.42. The number of aryl methyl sites for hydroxylation is 2. The lowest BCUT2D eigenvalue weighted by Crippen LogP contribution is -2.37. The molecule has 7 nitrogen and oxygen atoms in total. The predicted octanol–water partition coefficient (Wildman–Crippen LogP) is 1.81. The van der Waals surface area contributed by atoms with Gasteiger partial charge in [0.15, 0.2) is 5.96 Å². The van der Waals surface area contributed by atoms with Crippen LogP contribution in [0.4, 0.5) is 0 Å². The maximum atomic E-state index is 11.3. The van der Waals surface area contributed by atoms with Crippen LogP contribution in [-0.2, 0) is 28.9 Å². The molecule has 1 aromatic rings. The minimum atomic E-state index is -0.165. The molecule has 7 heteroatoms. The molecule has 0 aliphatic heterocycles. The number of nitrogens with one attached hydrogen (secondary N) is 2. The lowest BCUT2D eigenvalue weighted by molar-refractivity contribution is -0.143. The van der Waals surface area contributed by atoms with E-state index in [1.54, 1.807) is 7.05 Å². The highest BCUT2D eigenvalue weighted by atomic mass is 16.5. The molecule has 0 spiro atoms. The Morgan fingerprint density at radius 2 is 2.04 bits per heavy atom. The average molecular weight is 324 g/mol. The molecular weight excluding hydrogens is 296 g/mol. The van der Waals surface area contributed by atoms with Crippen molar-refractivity contribution in [2.75, 3.05) is 20.2 Å². The number of aliphatic imine (C=N–C) groups is 1. The summed E-state index contributed by atoms with van der Waals surface area (Å²) in [5.41, 5.74) is 2.08. The Kier molecular flexibility index (Phi) is 8.79. The van der Waals surface area contributed by atoms with Gasteiger partial charge in [0.05, 0.1) is 12.3 Å². The van der Waals surface area contributed by atoms with Crippen LogP contribution in [0.5, 0.6) is 0 Å². The van der Waals surface area contributed by atoms with E-state index in [9.17, 15) is 4.79 Å². The molecule has 0 bridgehead atoms. The largest absolute Gasteiger partial charge is 0.466 e. The normalized spacial score (nSPS) is 11.4. The van der Waals surface area contributed by atoms with E-state index >= 15 is 0 Å². The fourth-order valence-electron chi connectivity index (χ4n) is 2.20. The summed E-state index contributed by atoms with van der Waals surface area (Å²) < 4.78 is 10.2. The van der Waals surface area contributed by atoms with Gasteiger partial charge in [-0.2, -0.15) is 0 Å². The number of aromatic nitrogens is 1. The summed E-state index contributed by atoms with van der Waals surface area (Å²) in [6, 6.07) is 0. The van der Waals surface area contributed by atoms with Gasteiger partial charge in [0.25, 0.3) is 0 Å². The fraction of sp³-hybridized carbons (Fsp3) is 0.688. The zero-order chi connectivity index (χ0) is 17.1. The topological polar surface area (TPSA) is 88.8 Å². The number of hydrogen-bond acceptors (Lipinski definition) is 5. The van der Waals surface area contributed by atoms with Crippen molar-refractivity contribution < 1.29 is 14.1 Å². The summed E-state index contributed by atoms with van der Waals surface area (Å²) in [6.07, 6.45) is 2.76. The molecule has 0 aliphatic rings. The van der Waals surface area contributed by atoms with Crippen LogP contribution in [0.2, 0.25) is 0 Å². The van der Waals surface area contributed by atoms with Gasteiger partial charge >= 0.3 is 5.97 Å². The minimum Gasteiger partial charge on any atom is -0.466 e. The second-order valence-electron chi connectivity index (χ2n) is 5.00. The molecule has 0 aromatic carbocycles. The molecule has 1 heterocycles. The van der Waals surface area contributed by atoms with Crippen molar-refractivity contribution in [2.45, 2.75) is 53.0 Å². The lowest BCUT2D eigenvalue weighted by Gasteiger charge is -2.12. The van der Waals surface area contributed by atoms with Crippen LogP contribution < -0.4 is 10.6 Å². The van der Waals surface area contributed by atoms with Gasteiger partial charge in [-0.1, -0.05) is 19.0 Å². The molecule has 130 valence electrons. The maximum Gasteiger partial charge on any atom is 0.305 e. The van der Waals surface area contributed by atoms with Crippen LogP contribution in [0.25, 0.3) is 0 Å². The lowest BCUT2D eigenvalue weighted by atomic mass is 10.1. The average Bonchev–Trinajstić information content (AvgIpc) is 2.96. The molecule has 1 aromatic heterocycles. The number of hydrogen-bond donors (Lipinski definition) is 2. The Morgan fingerprint density at radius 1 is 1.26 bits per heavy atom. The van der Waals surface area contributed by atoms with Crippen molar-refractivity contribution in [1.82, 2.24) is 15.8 Å². The van der Waals surface area contributed by atoms with Gasteiger partial charge in [0.1, 0.15) is 5.76 Å². The Bertz CT molecular complexity index is 490. The van der Waals surface area contributed by atoms with Crippen molar-refractivity contribution in [2.24, 2.45) is 4.99 Å². The minimum absolute atomic E-state index is 0.165. The number of rotatable bonds is 9. The van der Waals surface area contributed by atoms with Gasteiger partial charge in [-0.3, -0.25) is 9.79 Å². The number of esters is 1. The van der Waals surface area contributed by atoms with Gasteiger partial charge < -0.3 is 19.9 Å². The number of carbonyl (C=O) groups excluding carboxylic acids is 1. The van der Waals surface area contributed by atoms with Gasteiger partial charge in [-0.15, -0.1) is 0 Å². The summed E-state index contributed by atoms with van der Waals surface area (Å²) in [6.45, 7) is 7.61. The van der Waals surface area contributed by atoms with E-state index in [4.69, 9.17) is 9.26 Å². The van der Waals surface area contributed by atoms with E-state index in [1.807, 2.05) is 13.8 Å². The van der Waals surface area contributed by atoms with Crippen molar-refractivity contribution in [1.29, 1.82) is 0 Å². The third kappa shape index (κ3) is 6.30. The second kappa shape index (κ2) is 10.6. The third-order valence-electron chi connectivity index (χ3n) is 3.42. The predicted molar refractivity (Wildman–Crippen MR) is 89.3 cm³/mol. The zero-order valence-corrected chi connectivity index (χ0v) is 14.6. The summed E-state index contributed by atoms with van der Waals surface area (Å²) in [4.78, 5) is 15.4. The monoisotopic (exact) mass is 324 g/mol. The van der Waals surface area contributed by atoms with E-state index in [0.717, 1.165) is 29.9 Å². The Hall–Kier alpha value is -2.05. The highest BCUT2D eigenvalue weighted by Gasteiger charge is 2.13. The van der Waals surface area contributed by atoms with Crippen molar-refractivity contribution in [3.05, 3.63) is 17.0 Å². The van der Waals surface area contributed by atoms with Gasteiger partial charge in [-0.25, -0.2) is 0 Å².